The number of hydrogen-bond acceptors (Lipinski definition) is 2. The predicted octanol–water partition coefficient (Wildman–Crippen LogP) is 2.39. The van der Waals surface area contributed by atoms with Crippen molar-refractivity contribution in [1.29, 1.82) is 0 Å². The van der Waals surface area contributed by atoms with E-state index in [9.17, 15) is 4.79 Å². The van der Waals surface area contributed by atoms with E-state index in [1.807, 2.05) is 6.07 Å². The zero-order valence-corrected chi connectivity index (χ0v) is 12.3. The quantitative estimate of drug-likeness (QED) is 0.852. The summed E-state index contributed by atoms with van der Waals surface area (Å²) in [4.78, 5) is 12.5. The van der Waals surface area contributed by atoms with Gasteiger partial charge >= 0.3 is 0 Å². The molecule has 0 radical (unpaired) electrons. The van der Waals surface area contributed by atoms with Crippen LogP contribution in [0, 0.1) is 0 Å². The lowest BCUT2D eigenvalue weighted by Gasteiger charge is -2.30. The second-order valence-electron chi connectivity index (χ2n) is 5.25. The van der Waals surface area contributed by atoms with Crippen molar-refractivity contribution in [3.05, 3.63) is 70.8 Å². The number of nitrogens with one attached hydrogen (secondary N) is 1. The SMILES string of the molecule is NC(=S)c1cccc(C(=O)NCC2Cc3ccccc32)c1. The average molecular weight is 296 g/mol. The molecule has 0 aliphatic heterocycles. The van der Waals surface area contributed by atoms with E-state index >= 15 is 0 Å². The Kier molecular flexibility index (Phi) is 3.71. The molecule has 0 aromatic heterocycles. The largest absolute Gasteiger partial charge is 0.389 e. The first-order chi connectivity index (χ1) is 10.1. The van der Waals surface area contributed by atoms with Gasteiger partial charge in [-0.2, -0.15) is 0 Å². The standard InChI is InChI=1S/C17H16N2OS/c18-16(21)12-5-3-6-13(9-12)17(20)19-10-14-8-11-4-1-2-7-15(11)14/h1-7,9,14H,8,10H2,(H2,18,21)(H,19,20). The van der Waals surface area contributed by atoms with Crippen LogP contribution in [-0.4, -0.2) is 17.4 Å². The fourth-order valence-electron chi connectivity index (χ4n) is 2.68. The van der Waals surface area contributed by atoms with E-state index in [1.165, 1.54) is 11.1 Å². The third-order valence-corrected chi connectivity index (χ3v) is 4.12. The molecule has 3 N–H and O–H groups in total. The smallest absolute Gasteiger partial charge is 0.251 e. The third kappa shape index (κ3) is 2.81. The van der Waals surface area contributed by atoms with Crippen LogP contribution in [0.15, 0.2) is 48.5 Å². The molecule has 1 unspecified atom stereocenters. The lowest BCUT2D eigenvalue weighted by Crippen LogP contribution is -2.33. The first kappa shape index (κ1) is 13.8. The minimum absolute atomic E-state index is 0.0857. The number of carbonyl (C=O) groups excluding carboxylic acids is 1. The van der Waals surface area contributed by atoms with E-state index in [0.717, 1.165) is 6.42 Å². The molecule has 106 valence electrons. The van der Waals surface area contributed by atoms with Gasteiger partial charge in [-0.1, -0.05) is 48.6 Å². The van der Waals surface area contributed by atoms with Gasteiger partial charge in [0.05, 0.1) is 0 Å². The Hall–Kier alpha value is -2.20. The van der Waals surface area contributed by atoms with E-state index in [-0.39, 0.29) is 5.91 Å². The van der Waals surface area contributed by atoms with E-state index in [2.05, 4.69) is 23.5 Å². The van der Waals surface area contributed by atoms with Gasteiger partial charge in [0, 0.05) is 23.6 Å². The van der Waals surface area contributed by atoms with Crippen LogP contribution < -0.4 is 11.1 Å². The molecular formula is C17H16N2OS. The lowest BCUT2D eigenvalue weighted by molar-refractivity contribution is 0.0950. The first-order valence-corrected chi connectivity index (χ1v) is 7.32. The molecule has 1 atom stereocenters. The molecule has 0 saturated carbocycles. The molecule has 1 aliphatic rings. The van der Waals surface area contributed by atoms with E-state index in [4.69, 9.17) is 18.0 Å². The van der Waals surface area contributed by atoms with Gasteiger partial charge < -0.3 is 11.1 Å². The van der Waals surface area contributed by atoms with Crippen LogP contribution in [0.2, 0.25) is 0 Å². The Morgan fingerprint density at radius 1 is 1.19 bits per heavy atom. The number of benzene rings is 2. The number of fused-ring (bicyclic) bond motifs is 1. The summed E-state index contributed by atoms with van der Waals surface area (Å²) < 4.78 is 0. The molecule has 1 aliphatic carbocycles. The van der Waals surface area contributed by atoms with Gasteiger partial charge in [-0.05, 0) is 29.7 Å². The summed E-state index contributed by atoms with van der Waals surface area (Å²) in [6.07, 6.45) is 1.03. The highest BCUT2D eigenvalue weighted by atomic mass is 32.1. The molecule has 4 heteroatoms. The molecule has 21 heavy (non-hydrogen) atoms. The van der Waals surface area contributed by atoms with E-state index in [1.54, 1.807) is 24.3 Å². The maximum absolute atomic E-state index is 12.2. The molecule has 0 fully saturated rings. The Labute approximate surface area is 129 Å². The maximum atomic E-state index is 12.2. The highest BCUT2D eigenvalue weighted by molar-refractivity contribution is 7.80. The molecule has 2 aromatic carbocycles. The van der Waals surface area contributed by atoms with Crippen LogP contribution in [0.1, 0.15) is 33.0 Å². The Morgan fingerprint density at radius 2 is 1.95 bits per heavy atom. The number of thiocarbonyl (C=S) groups is 1. The summed E-state index contributed by atoms with van der Waals surface area (Å²) in [5.74, 6) is 0.335. The Morgan fingerprint density at radius 3 is 2.71 bits per heavy atom. The van der Waals surface area contributed by atoms with Gasteiger partial charge in [-0.15, -0.1) is 0 Å². The summed E-state index contributed by atoms with van der Waals surface area (Å²) in [5.41, 5.74) is 9.62. The summed E-state index contributed by atoms with van der Waals surface area (Å²) in [5, 5.41) is 2.98. The summed E-state index contributed by atoms with van der Waals surface area (Å²) >= 11 is 4.93. The second-order valence-corrected chi connectivity index (χ2v) is 5.69. The highest BCUT2D eigenvalue weighted by Gasteiger charge is 2.25. The lowest BCUT2D eigenvalue weighted by atomic mass is 9.77. The zero-order chi connectivity index (χ0) is 14.8. The van der Waals surface area contributed by atoms with Crippen molar-refractivity contribution in [2.75, 3.05) is 6.54 Å². The molecule has 0 spiro atoms. The van der Waals surface area contributed by atoms with Gasteiger partial charge in [-0.3, -0.25) is 4.79 Å². The number of carbonyl (C=O) groups is 1. The molecular weight excluding hydrogens is 280 g/mol. The van der Waals surface area contributed by atoms with Crippen LogP contribution in [0.3, 0.4) is 0 Å². The predicted molar refractivity (Wildman–Crippen MR) is 87.5 cm³/mol. The van der Waals surface area contributed by atoms with Gasteiger partial charge in [-0.25, -0.2) is 0 Å². The fraction of sp³-hybridized carbons (Fsp3) is 0.176. The van der Waals surface area contributed by atoms with Crippen molar-refractivity contribution in [2.45, 2.75) is 12.3 Å². The van der Waals surface area contributed by atoms with Crippen molar-refractivity contribution < 1.29 is 4.79 Å². The number of amides is 1. The van der Waals surface area contributed by atoms with E-state index in [0.29, 0.717) is 28.6 Å². The molecule has 3 rings (SSSR count). The molecule has 0 bridgehead atoms. The monoisotopic (exact) mass is 296 g/mol. The number of nitrogens with two attached hydrogens (primary N) is 1. The van der Waals surface area contributed by atoms with Gasteiger partial charge in [0.25, 0.3) is 5.91 Å². The first-order valence-electron chi connectivity index (χ1n) is 6.91. The van der Waals surface area contributed by atoms with Gasteiger partial charge in [0.1, 0.15) is 4.99 Å². The van der Waals surface area contributed by atoms with Crippen molar-refractivity contribution >= 4 is 23.1 Å². The summed E-state index contributed by atoms with van der Waals surface area (Å²) in [6, 6.07) is 15.5. The zero-order valence-electron chi connectivity index (χ0n) is 11.5. The number of hydrogen-bond donors (Lipinski definition) is 2. The van der Waals surface area contributed by atoms with Gasteiger partial charge in [0.15, 0.2) is 0 Å². The maximum Gasteiger partial charge on any atom is 0.251 e. The van der Waals surface area contributed by atoms with Crippen LogP contribution in [-0.2, 0) is 6.42 Å². The van der Waals surface area contributed by atoms with Crippen LogP contribution in [0.4, 0.5) is 0 Å². The Balaban J connectivity index is 1.63. The minimum Gasteiger partial charge on any atom is -0.389 e. The van der Waals surface area contributed by atoms with Crippen LogP contribution >= 0.6 is 12.2 Å². The van der Waals surface area contributed by atoms with Crippen molar-refractivity contribution in [3.63, 3.8) is 0 Å². The molecule has 1 amide bonds. The summed E-state index contributed by atoms with van der Waals surface area (Å²) in [6.45, 7) is 0.660. The van der Waals surface area contributed by atoms with Crippen molar-refractivity contribution in [1.82, 2.24) is 5.32 Å². The molecule has 2 aromatic rings. The minimum atomic E-state index is -0.0857. The fourth-order valence-corrected chi connectivity index (χ4v) is 2.80. The summed E-state index contributed by atoms with van der Waals surface area (Å²) in [7, 11) is 0. The third-order valence-electron chi connectivity index (χ3n) is 3.88. The van der Waals surface area contributed by atoms with Crippen LogP contribution in [0.25, 0.3) is 0 Å². The van der Waals surface area contributed by atoms with Crippen molar-refractivity contribution in [2.24, 2.45) is 5.73 Å². The molecule has 3 nitrogen and oxygen atoms in total. The molecule has 0 saturated heterocycles. The second kappa shape index (κ2) is 5.66. The highest BCUT2D eigenvalue weighted by Crippen LogP contribution is 2.33. The average Bonchev–Trinajstić information content (AvgIpc) is 2.48. The van der Waals surface area contributed by atoms with E-state index < -0.39 is 0 Å². The van der Waals surface area contributed by atoms with Crippen LogP contribution in [0.5, 0.6) is 0 Å². The van der Waals surface area contributed by atoms with Gasteiger partial charge in [0.2, 0.25) is 0 Å². The molecule has 0 heterocycles. The van der Waals surface area contributed by atoms with Crippen molar-refractivity contribution in [3.8, 4) is 0 Å². The topological polar surface area (TPSA) is 55.1 Å². The normalized spacial score (nSPS) is 15.7. The number of rotatable bonds is 4. The Bertz CT molecular complexity index is 711.